The minimum absolute atomic E-state index is 0.149. The zero-order valence-corrected chi connectivity index (χ0v) is 11.0. The molecule has 0 aliphatic rings. The van der Waals surface area contributed by atoms with Crippen molar-refractivity contribution in [3.8, 4) is 11.8 Å². The number of aromatic nitrogens is 2. The normalized spacial score (nSPS) is 9.85. The first kappa shape index (κ1) is 13.4. The molecule has 0 atom stereocenters. The lowest BCUT2D eigenvalue weighted by molar-refractivity contribution is 0.0603. The van der Waals surface area contributed by atoms with Gasteiger partial charge in [-0.05, 0) is 18.2 Å². The lowest BCUT2D eigenvalue weighted by atomic mass is 10.2. The SMILES string of the molecule is CNc1nn(-c2cccc(C#N)c2)c(N)c1C(=O)OC. The van der Waals surface area contributed by atoms with Crippen molar-refractivity contribution in [2.45, 2.75) is 0 Å². The molecule has 0 radical (unpaired) electrons. The summed E-state index contributed by atoms with van der Waals surface area (Å²) in [6.07, 6.45) is 0. The average Bonchev–Trinajstić information content (AvgIpc) is 2.83. The van der Waals surface area contributed by atoms with Gasteiger partial charge in [0.25, 0.3) is 0 Å². The van der Waals surface area contributed by atoms with Crippen LogP contribution in [0.4, 0.5) is 11.6 Å². The minimum Gasteiger partial charge on any atom is -0.465 e. The third-order valence-corrected chi connectivity index (χ3v) is 2.77. The lowest BCUT2D eigenvalue weighted by Crippen LogP contribution is -2.08. The van der Waals surface area contributed by atoms with Gasteiger partial charge in [0, 0.05) is 7.05 Å². The van der Waals surface area contributed by atoms with Gasteiger partial charge in [-0.2, -0.15) is 5.26 Å². The Labute approximate surface area is 115 Å². The summed E-state index contributed by atoms with van der Waals surface area (Å²) < 4.78 is 6.08. The average molecular weight is 271 g/mol. The topological polar surface area (TPSA) is 106 Å². The maximum absolute atomic E-state index is 11.7. The molecule has 0 bridgehead atoms. The number of methoxy groups -OCH3 is 1. The van der Waals surface area contributed by atoms with Gasteiger partial charge in [-0.3, -0.25) is 0 Å². The van der Waals surface area contributed by atoms with E-state index < -0.39 is 5.97 Å². The Hall–Kier alpha value is -3.01. The van der Waals surface area contributed by atoms with Crippen LogP contribution in [-0.4, -0.2) is 29.9 Å². The monoisotopic (exact) mass is 271 g/mol. The molecule has 0 amide bonds. The highest BCUT2D eigenvalue weighted by molar-refractivity contribution is 5.99. The second-order valence-electron chi connectivity index (χ2n) is 3.92. The molecule has 0 fully saturated rings. The standard InChI is InChI=1S/C13H13N5O2/c1-16-12-10(13(19)20-2)11(15)18(17-12)9-5-3-4-8(6-9)7-14/h3-6H,15H2,1-2H3,(H,16,17). The summed E-state index contributed by atoms with van der Waals surface area (Å²) in [6.45, 7) is 0. The Bertz CT molecular complexity index is 699. The molecule has 0 saturated heterocycles. The zero-order chi connectivity index (χ0) is 14.7. The summed E-state index contributed by atoms with van der Waals surface area (Å²) >= 11 is 0. The first-order valence-electron chi connectivity index (χ1n) is 5.77. The van der Waals surface area contributed by atoms with E-state index in [1.54, 1.807) is 31.3 Å². The Morgan fingerprint density at radius 1 is 1.55 bits per heavy atom. The van der Waals surface area contributed by atoms with Crippen LogP contribution in [-0.2, 0) is 4.74 Å². The largest absolute Gasteiger partial charge is 0.465 e. The molecule has 7 heteroatoms. The van der Waals surface area contributed by atoms with E-state index >= 15 is 0 Å². The van der Waals surface area contributed by atoms with E-state index in [0.29, 0.717) is 17.1 Å². The molecule has 102 valence electrons. The third-order valence-electron chi connectivity index (χ3n) is 2.77. The second kappa shape index (κ2) is 5.32. The summed E-state index contributed by atoms with van der Waals surface area (Å²) in [5.74, 6) is -0.109. The zero-order valence-electron chi connectivity index (χ0n) is 11.0. The highest BCUT2D eigenvalue weighted by Gasteiger charge is 2.22. The maximum atomic E-state index is 11.7. The van der Waals surface area contributed by atoms with Gasteiger partial charge in [0.1, 0.15) is 11.4 Å². The Morgan fingerprint density at radius 2 is 2.30 bits per heavy atom. The fourth-order valence-electron chi connectivity index (χ4n) is 1.81. The quantitative estimate of drug-likeness (QED) is 0.811. The number of nitrogens with one attached hydrogen (secondary N) is 1. The molecule has 1 heterocycles. The molecule has 0 saturated carbocycles. The smallest absolute Gasteiger partial charge is 0.345 e. The number of carbonyl (C=O) groups excluding carboxylic acids is 1. The highest BCUT2D eigenvalue weighted by atomic mass is 16.5. The summed E-state index contributed by atoms with van der Waals surface area (Å²) in [6, 6.07) is 8.79. The van der Waals surface area contributed by atoms with Gasteiger partial charge in [-0.1, -0.05) is 6.07 Å². The fraction of sp³-hybridized carbons (Fsp3) is 0.154. The minimum atomic E-state index is -0.575. The van der Waals surface area contributed by atoms with Crippen LogP contribution in [0.2, 0.25) is 0 Å². The summed E-state index contributed by atoms with van der Waals surface area (Å²) in [5, 5.41) is 15.9. The van der Waals surface area contributed by atoms with Crippen LogP contribution in [0.5, 0.6) is 0 Å². The number of ether oxygens (including phenoxy) is 1. The van der Waals surface area contributed by atoms with E-state index in [4.69, 9.17) is 11.0 Å². The van der Waals surface area contributed by atoms with Crippen molar-refractivity contribution in [1.82, 2.24) is 9.78 Å². The van der Waals surface area contributed by atoms with E-state index in [1.807, 2.05) is 6.07 Å². The van der Waals surface area contributed by atoms with E-state index in [1.165, 1.54) is 11.8 Å². The molecular formula is C13H13N5O2. The van der Waals surface area contributed by atoms with Crippen LogP contribution < -0.4 is 11.1 Å². The Balaban J connectivity index is 2.61. The number of nitrogen functional groups attached to an aromatic ring is 1. The van der Waals surface area contributed by atoms with Crippen molar-refractivity contribution in [2.24, 2.45) is 0 Å². The van der Waals surface area contributed by atoms with Gasteiger partial charge < -0.3 is 15.8 Å². The van der Waals surface area contributed by atoms with E-state index in [0.717, 1.165) is 0 Å². The first-order chi connectivity index (χ1) is 9.62. The van der Waals surface area contributed by atoms with Crippen LogP contribution in [0.3, 0.4) is 0 Å². The highest BCUT2D eigenvalue weighted by Crippen LogP contribution is 2.25. The van der Waals surface area contributed by atoms with Crippen molar-refractivity contribution < 1.29 is 9.53 Å². The number of carbonyl (C=O) groups is 1. The number of hydrogen-bond acceptors (Lipinski definition) is 6. The van der Waals surface area contributed by atoms with Crippen molar-refractivity contribution in [2.75, 3.05) is 25.2 Å². The van der Waals surface area contributed by atoms with Gasteiger partial charge >= 0.3 is 5.97 Å². The fourth-order valence-corrected chi connectivity index (χ4v) is 1.81. The van der Waals surface area contributed by atoms with Crippen LogP contribution in [0.15, 0.2) is 24.3 Å². The number of benzene rings is 1. The molecule has 2 rings (SSSR count). The molecule has 1 aromatic heterocycles. The van der Waals surface area contributed by atoms with Gasteiger partial charge in [0.05, 0.1) is 24.4 Å². The first-order valence-corrected chi connectivity index (χ1v) is 5.77. The lowest BCUT2D eigenvalue weighted by Gasteiger charge is -2.04. The number of nitriles is 1. The van der Waals surface area contributed by atoms with Crippen LogP contribution in [0.1, 0.15) is 15.9 Å². The van der Waals surface area contributed by atoms with Gasteiger partial charge in [0.15, 0.2) is 5.82 Å². The molecule has 0 spiro atoms. The molecule has 2 aromatic rings. The molecule has 1 aromatic carbocycles. The molecule has 20 heavy (non-hydrogen) atoms. The predicted octanol–water partition coefficient (Wildman–Crippen LogP) is 1.15. The van der Waals surface area contributed by atoms with Crippen molar-refractivity contribution >= 4 is 17.6 Å². The van der Waals surface area contributed by atoms with Crippen LogP contribution in [0, 0.1) is 11.3 Å². The Kier molecular flexibility index (Phi) is 3.57. The number of esters is 1. The molecule has 0 aliphatic carbocycles. The molecule has 0 aliphatic heterocycles. The van der Waals surface area contributed by atoms with Crippen LogP contribution in [0.25, 0.3) is 5.69 Å². The molecular weight excluding hydrogens is 258 g/mol. The van der Waals surface area contributed by atoms with Crippen molar-refractivity contribution in [1.29, 1.82) is 5.26 Å². The number of hydrogen-bond donors (Lipinski definition) is 2. The van der Waals surface area contributed by atoms with E-state index in [2.05, 4.69) is 15.2 Å². The number of rotatable bonds is 3. The number of nitrogens with zero attached hydrogens (tertiary/aromatic N) is 3. The molecule has 7 nitrogen and oxygen atoms in total. The van der Waals surface area contributed by atoms with Crippen molar-refractivity contribution in [3.63, 3.8) is 0 Å². The molecule has 3 N–H and O–H groups in total. The Morgan fingerprint density at radius 3 is 2.90 bits per heavy atom. The summed E-state index contributed by atoms with van der Waals surface area (Å²) in [7, 11) is 2.90. The van der Waals surface area contributed by atoms with Crippen LogP contribution >= 0.6 is 0 Å². The van der Waals surface area contributed by atoms with Gasteiger partial charge in [0.2, 0.25) is 0 Å². The summed E-state index contributed by atoms with van der Waals surface area (Å²) in [4.78, 5) is 11.7. The van der Waals surface area contributed by atoms with Gasteiger partial charge in [-0.25, -0.2) is 9.48 Å². The molecule has 0 unspecified atom stereocenters. The van der Waals surface area contributed by atoms with E-state index in [9.17, 15) is 4.79 Å². The predicted molar refractivity (Wildman–Crippen MR) is 73.6 cm³/mol. The number of anilines is 2. The van der Waals surface area contributed by atoms with Crippen molar-refractivity contribution in [3.05, 3.63) is 35.4 Å². The third kappa shape index (κ3) is 2.14. The van der Waals surface area contributed by atoms with Gasteiger partial charge in [-0.15, -0.1) is 5.10 Å². The maximum Gasteiger partial charge on any atom is 0.345 e. The number of nitrogens with two attached hydrogens (primary N) is 1. The second-order valence-corrected chi connectivity index (χ2v) is 3.92. The summed E-state index contributed by atoms with van der Waals surface area (Å²) in [5.41, 5.74) is 7.19. The van der Waals surface area contributed by atoms with E-state index in [-0.39, 0.29) is 11.4 Å².